The van der Waals surface area contributed by atoms with Crippen LogP contribution in [0.2, 0.25) is 0 Å². The topological polar surface area (TPSA) is 37.3 Å². The summed E-state index contributed by atoms with van der Waals surface area (Å²) in [6.45, 7) is 0. The van der Waals surface area contributed by atoms with Gasteiger partial charge in [-0.2, -0.15) is 0 Å². The molecule has 88 valence electrons. The molecule has 0 aliphatic heterocycles. The Bertz CT molecular complexity index is 455. The van der Waals surface area contributed by atoms with Crippen LogP contribution in [0.3, 0.4) is 0 Å². The third-order valence-corrected chi connectivity index (χ3v) is 2.96. The molecule has 2 heteroatoms. The third kappa shape index (κ3) is 3.06. The number of carbonyl (C=O) groups is 1. The summed E-state index contributed by atoms with van der Waals surface area (Å²) in [5.74, 6) is 0.213. The molecule has 0 atom stereocenters. The van der Waals surface area contributed by atoms with Crippen molar-refractivity contribution in [2.45, 2.75) is 25.7 Å². The Morgan fingerprint density at radius 2 is 1.82 bits per heavy atom. The first kappa shape index (κ1) is 11.6. The van der Waals surface area contributed by atoms with Crippen molar-refractivity contribution >= 4 is 11.9 Å². The zero-order valence-corrected chi connectivity index (χ0v) is 9.73. The smallest absolute Gasteiger partial charge is 0.162 e. The molecule has 0 saturated heterocycles. The molecule has 0 heterocycles. The van der Waals surface area contributed by atoms with Crippen LogP contribution in [0.25, 0.3) is 6.08 Å². The molecule has 1 saturated carbocycles. The summed E-state index contributed by atoms with van der Waals surface area (Å²) >= 11 is 0. The molecule has 0 spiro atoms. The maximum atomic E-state index is 11.6. The van der Waals surface area contributed by atoms with E-state index in [1.165, 1.54) is 0 Å². The standard InChI is InChI=1S/C15H16O2/c16-14-9-5-4-8-13(14)15(17)11-10-12-6-2-1-3-7-12/h1-3,6-7,10-11,17H,4-5,8-9H2/b11-10+,15-13-. The van der Waals surface area contributed by atoms with E-state index in [4.69, 9.17) is 0 Å². The molecule has 1 aromatic carbocycles. The van der Waals surface area contributed by atoms with E-state index in [0.717, 1.165) is 18.4 Å². The average molecular weight is 228 g/mol. The molecule has 1 fully saturated rings. The zero-order valence-electron chi connectivity index (χ0n) is 9.73. The average Bonchev–Trinajstić information content (AvgIpc) is 2.38. The van der Waals surface area contributed by atoms with Crippen molar-refractivity contribution in [2.75, 3.05) is 0 Å². The summed E-state index contributed by atoms with van der Waals surface area (Å²) < 4.78 is 0. The number of ketones is 1. The van der Waals surface area contributed by atoms with Gasteiger partial charge in [0.2, 0.25) is 0 Å². The highest BCUT2D eigenvalue weighted by atomic mass is 16.3. The van der Waals surface area contributed by atoms with Gasteiger partial charge in [-0.15, -0.1) is 0 Å². The molecule has 0 aromatic heterocycles. The van der Waals surface area contributed by atoms with E-state index >= 15 is 0 Å². The molecule has 1 aliphatic rings. The number of aliphatic hydroxyl groups excluding tert-OH is 1. The van der Waals surface area contributed by atoms with Gasteiger partial charge in [-0.1, -0.05) is 36.4 Å². The van der Waals surface area contributed by atoms with Crippen LogP contribution in [0.15, 0.2) is 47.7 Å². The highest BCUT2D eigenvalue weighted by molar-refractivity contribution is 5.96. The fourth-order valence-electron chi connectivity index (χ4n) is 1.99. The zero-order chi connectivity index (χ0) is 12.1. The molecular formula is C15H16O2. The van der Waals surface area contributed by atoms with Crippen LogP contribution in [0.4, 0.5) is 0 Å². The van der Waals surface area contributed by atoms with Crippen LogP contribution in [0, 0.1) is 0 Å². The van der Waals surface area contributed by atoms with Crippen molar-refractivity contribution in [3.05, 3.63) is 53.3 Å². The summed E-state index contributed by atoms with van der Waals surface area (Å²) in [7, 11) is 0. The van der Waals surface area contributed by atoms with Gasteiger partial charge in [0.1, 0.15) is 5.76 Å². The van der Waals surface area contributed by atoms with Crippen molar-refractivity contribution in [1.29, 1.82) is 0 Å². The molecule has 0 bridgehead atoms. The largest absolute Gasteiger partial charge is 0.508 e. The van der Waals surface area contributed by atoms with Crippen LogP contribution in [-0.4, -0.2) is 10.9 Å². The predicted octanol–water partition coefficient (Wildman–Crippen LogP) is 3.66. The maximum absolute atomic E-state index is 11.6. The first-order valence-electron chi connectivity index (χ1n) is 5.96. The summed E-state index contributed by atoms with van der Waals surface area (Å²) in [4.78, 5) is 11.6. The van der Waals surface area contributed by atoms with Crippen molar-refractivity contribution in [2.24, 2.45) is 0 Å². The Morgan fingerprint density at radius 1 is 1.12 bits per heavy atom. The van der Waals surface area contributed by atoms with Crippen LogP contribution in [0.1, 0.15) is 31.2 Å². The van der Waals surface area contributed by atoms with Gasteiger partial charge in [0.15, 0.2) is 5.78 Å². The van der Waals surface area contributed by atoms with Gasteiger partial charge in [-0.25, -0.2) is 0 Å². The van der Waals surface area contributed by atoms with Gasteiger partial charge < -0.3 is 5.11 Å². The molecule has 0 amide bonds. The minimum atomic E-state index is 0.0893. The lowest BCUT2D eigenvalue weighted by molar-refractivity contribution is -0.116. The van der Waals surface area contributed by atoms with Gasteiger partial charge in [0.25, 0.3) is 0 Å². The molecule has 1 aliphatic carbocycles. The molecule has 17 heavy (non-hydrogen) atoms. The number of hydrogen-bond acceptors (Lipinski definition) is 2. The lowest BCUT2D eigenvalue weighted by Gasteiger charge is -2.12. The van der Waals surface area contributed by atoms with E-state index < -0.39 is 0 Å². The van der Waals surface area contributed by atoms with Gasteiger partial charge >= 0.3 is 0 Å². The lowest BCUT2D eigenvalue weighted by atomic mass is 9.92. The number of benzene rings is 1. The van der Waals surface area contributed by atoms with Crippen molar-refractivity contribution in [3.63, 3.8) is 0 Å². The number of carbonyl (C=O) groups excluding carboxylic acids is 1. The number of aliphatic hydroxyl groups is 1. The van der Waals surface area contributed by atoms with E-state index in [0.29, 0.717) is 18.4 Å². The second-order valence-electron chi connectivity index (χ2n) is 4.24. The lowest BCUT2D eigenvalue weighted by Crippen LogP contribution is -2.10. The van der Waals surface area contributed by atoms with Crippen LogP contribution >= 0.6 is 0 Å². The number of rotatable bonds is 2. The van der Waals surface area contributed by atoms with Crippen LogP contribution in [-0.2, 0) is 4.79 Å². The number of hydrogen-bond donors (Lipinski definition) is 1. The van der Waals surface area contributed by atoms with Crippen LogP contribution in [0.5, 0.6) is 0 Å². The fourth-order valence-corrected chi connectivity index (χ4v) is 1.99. The van der Waals surface area contributed by atoms with Crippen molar-refractivity contribution in [1.82, 2.24) is 0 Å². The molecule has 2 rings (SSSR count). The summed E-state index contributed by atoms with van der Waals surface area (Å²) in [5.41, 5.74) is 1.60. The Labute approximate surface area is 101 Å². The monoisotopic (exact) mass is 228 g/mol. The number of Topliss-reactive ketones (excluding diaryl/α,β-unsaturated/α-hetero) is 1. The Kier molecular flexibility index (Phi) is 3.76. The minimum absolute atomic E-state index is 0.0893. The molecule has 0 unspecified atom stereocenters. The Balaban J connectivity index is 2.15. The van der Waals surface area contributed by atoms with Crippen molar-refractivity contribution in [3.8, 4) is 0 Å². The predicted molar refractivity (Wildman–Crippen MR) is 68.6 cm³/mol. The first-order valence-corrected chi connectivity index (χ1v) is 5.96. The van der Waals surface area contributed by atoms with Crippen LogP contribution < -0.4 is 0 Å². The second kappa shape index (κ2) is 5.48. The first-order chi connectivity index (χ1) is 8.27. The number of allylic oxidation sites excluding steroid dienone is 2. The summed E-state index contributed by atoms with van der Waals surface area (Å²) in [6.07, 6.45) is 6.64. The normalized spacial score (nSPS) is 19.6. The summed E-state index contributed by atoms with van der Waals surface area (Å²) in [6, 6.07) is 9.74. The maximum Gasteiger partial charge on any atom is 0.162 e. The van der Waals surface area contributed by atoms with E-state index in [-0.39, 0.29) is 11.5 Å². The Morgan fingerprint density at radius 3 is 2.53 bits per heavy atom. The van der Waals surface area contributed by atoms with Gasteiger partial charge in [0.05, 0.1) is 0 Å². The molecular weight excluding hydrogens is 212 g/mol. The SMILES string of the molecule is O=C1CCCC/C1=C(O)\C=C\c1ccccc1. The van der Waals surface area contributed by atoms with E-state index in [1.807, 2.05) is 36.4 Å². The minimum Gasteiger partial charge on any atom is -0.508 e. The molecule has 1 aromatic rings. The van der Waals surface area contributed by atoms with Crippen molar-refractivity contribution < 1.29 is 9.90 Å². The second-order valence-corrected chi connectivity index (χ2v) is 4.24. The fraction of sp³-hybridized carbons (Fsp3) is 0.267. The third-order valence-electron chi connectivity index (χ3n) is 2.96. The molecule has 2 nitrogen and oxygen atoms in total. The Hall–Kier alpha value is -1.83. The van der Waals surface area contributed by atoms with E-state index in [1.54, 1.807) is 6.08 Å². The highest BCUT2D eigenvalue weighted by Gasteiger charge is 2.17. The molecule has 0 radical (unpaired) electrons. The summed E-state index contributed by atoms with van der Waals surface area (Å²) in [5, 5.41) is 9.88. The van der Waals surface area contributed by atoms with Gasteiger partial charge in [0, 0.05) is 12.0 Å². The van der Waals surface area contributed by atoms with E-state index in [2.05, 4.69) is 0 Å². The highest BCUT2D eigenvalue weighted by Crippen LogP contribution is 2.22. The van der Waals surface area contributed by atoms with Gasteiger partial charge in [-0.05, 0) is 30.9 Å². The molecule has 1 N–H and O–H groups in total. The quantitative estimate of drug-likeness (QED) is 0.619. The van der Waals surface area contributed by atoms with E-state index in [9.17, 15) is 9.90 Å². The van der Waals surface area contributed by atoms with Gasteiger partial charge in [-0.3, -0.25) is 4.79 Å².